The van der Waals surface area contributed by atoms with Crippen LogP contribution in [0.15, 0.2) is 12.2 Å². The molecule has 0 amide bonds. The molecule has 2 aliphatic heterocycles. The summed E-state index contributed by atoms with van der Waals surface area (Å²) in [5.74, 6) is 1.44. The molecule has 3 nitrogen and oxygen atoms in total. The van der Waals surface area contributed by atoms with Crippen molar-refractivity contribution < 1.29 is 14.6 Å². The fraction of sp³-hybridized carbons (Fsp3) is 0.786. The van der Waals surface area contributed by atoms with Crippen LogP contribution in [-0.2, 0) is 9.53 Å². The maximum Gasteiger partial charge on any atom is 0.303 e. The predicted molar refractivity (Wildman–Crippen MR) is 74.0 cm³/mol. The highest BCUT2D eigenvalue weighted by Crippen LogP contribution is 2.45. The van der Waals surface area contributed by atoms with Crippen LogP contribution in [0.4, 0.5) is 0 Å². The van der Waals surface area contributed by atoms with Crippen LogP contribution < -0.4 is 0 Å². The molecule has 0 unspecified atom stereocenters. The first-order valence-corrected chi connectivity index (χ1v) is 7.48. The summed E-state index contributed by atoms with van der Waals surface area (Å²) in [5, 5.41) is 8.53. The number of aliphatic carboxylic acids is 1. The Hall–Kier alpha value is -0.480. The molecule has 2 fully saturated rings. The number of thiol groups is 1. The number of allylic oxidation sites excluding steroid dienone is 2. The van der Waals surface area contributed by atoms with Gasteiger partial charge in [0.1, 0.15) is 0 Å². The van der Waals surface area contributed by atoms with Crippen molar-refractivity contribution in [1.29, 1.82) is 0 Å². The average Bonchev–Trinajstić information content (AvgIpc) is 2.93. The summed E-state index contributed by atoms with van der Waals surface area (Å²) in [4.78, 5) is 10.4. The number of rotatable bonds is 7. The van der Waals surface area contributed by atoms with Crippen molar-refractivity contribution in [3.05, 3.63) is 12.2 Å². The lowest BCUT2D eigenvalue weighted by Crippen LogP contribution is -2.28. The molecule has 0 aromatic rings. The summed E-state index contributed by atoms with van der Waals surface area (Å²) >= 11 is 4.44. The van der Waals surface area contributed by atoms with Gasteiger partial charge in [-0.05, 0) is 49.7 Å². The first-order chi connectivity index (χ1) is 8.72. The maximum absolute atomic E-state index is 10.4. The van der Waals surface area contributed by atoms with Gasteiger partial charge in [-0.15, -0.1) is 0 Å². The van der Waals surface area contributed by atoms with Crippen LogP contribution in [0.2, 0.25) is 0 Å². The van der Waals surface area contributed by atoms with E-state index in [0.29, 0.717) is 24.0 Å². The lowest BCUT2D eigenvalue weighted by molar-refractivity contribution is -0.137. The van der Waals surface area contributed by atoms with Crippen LogP contribution in [0.1, 0.15) is 38.5 Å². The van der Waals surface area contributed by atoms with E-state index in [2.05, 4.69) is 24.8 Å². The molecule has 102 valence electrons. The van der Waals surface area contributed by atoms with E-state index in [1.807, 2.05) is 0 Å². The second kappa shape index (κ2) is 6.62. The molecule has 0 aliphatic carbocycles. The third kappa shape index (κ3) is 3.29. The minimum atomic E-state index is -0.708. The predicted octanol–water partition coefficient (Wildman–Crippen LogP) is 2.91. The van der Waals surface area contributed by atoms with Gasteiger partial charge in [-0.1, -0.05) is 12.2 Å². The summed E-state index contributed by atoms with van der Waals surface area (Å²) < 4.78 is 5.94. The van der Waals surface area contributed by atoms with E-state index in [-0.39, 0.29) is 6.42 Å². The lowest BCUT2D eigenvalue weighted by Gasteiger charge is -2.25. The van der Waals surface area contributed by atoms with Crippen molar-refractivity contribution in [2.75, 3.05) is 5.75 Å². The average molecular weight is 270 g/mol. The molecule has 0 radical (unpaired) electrons. The Balaban J connectivity index is 1.69. The second-order valence-corrected chi connectivity index (χ2v) is 5.66. The van der Waals surface area contributed by atoms with Crippen molar-refractivity contribution in [2.45, 2.75) is 50.7 Å². The summed E-state index contributed by atoms with van der Waals surface area (Å²) in [6.07, 6.45) is 10.5. The van der Waals surface area contributed by atoms with E-state index in [4.69, 9.17) is 9.84 Å². The van der Waals surface area contributed by atoms with Gasteiger partial charge in [-0.25, -0.2) is 0 Å². The summed E-state index contributed by atoms with van der Waals surface area (Å²) in [6, 6.07) is 0. The number of hydrogen-bond donors (Lipinski definition) is 2. The molecule has 1 N–H and O–H groups in total. The zero-order valence-corrected chi connectivity index (χ0v) is 11.5. The van der Waals surface area contributed by atoms with Gasteiger partial charge in [0, 0.05) is 6.42 Å². The highest BCUT2D eigenvalue weighted by atomic mass is 32.1. The van der Waals surface area contributed by atoms with E-state index in [1.54, 1.807) is 0 Å². The summed E-state index contributed by atoms with van der Waals surface area (Å²) in [7, 11) is 0. The Kier molecular flexibility index (Phi) is 5.13. The highest BCUT2D eigenvalue weighted by Gasteiger charge is 2.47. The molecule has 4 atom stereocenters. The zero-order valence-electron chi connectivity index (χ0n) is 10.6. The van der Waals surface area contributed by atoms with E-state index < -0.39 is 5.97 Å². The molecule has 18 heavy (non-hydrogen) atoms. The smallest absolute Gasteiger partial charge is 0.303 e. The van der Waals surface area contributed by atoms with Gasteiger partial charge in [-0.2, -0.15) is 12.6 Å². The van der Waals surface area contributed by atoms with Crippen molar-refractivity contribution in [2.24, 2.45) is 11.8 Å². The second-order valence-electron chi connectivity index (χ2n) is 5.29. The van der Waals surface area contributed by atoms with Crippen molar-refractivity contribution in [3.63, 3.8) is 0 Å². The molecule has 2 heterocycles. The Bertz CT molecular complexity index is 316. The topological polar surface area (TPSA) is 46.5 Å². The van der Waals surface area contributed by atoms with Crippen LogP contribution in [0.3, 0.4) is 0 Å². The minimum absolute atomic E-state index is 0.265. The van der Waals surface area contributed by atoms with Gasteiger partial charge in [0.15, 0.2) is 0 Å². The van der Waals surface area contributed by atoms with Gasteiger partial charge in [-0.3, -0.25) is 4.79 Å². The van der Waals surface area contributed by atoms with Crippen molar-refractivity contribution >= 4 is 18.6 Å². The van der Waals surface area contributed by atoms with Gasteiger partial charge >= 0.3 is 5.97 Å². The Morgan fingerprint density at radius 2 is 2.00 bits per heavy atom. The Morgan fingerprint density at radius 3 is 2.67 bits per heavy atom. The SMILES string of the molecule is O=C(O)CCCC=CC[C@@H]1[C@H](CS)[C@@H]2CC[C@H]1O2. The van der Waals surface area contributed by atoms with Crippen LogP contribution >= 0.6 is 12.6 Å². The van der Waals surface area contributed by atoms with Crippen LogP contribution in [0, 0.1) is 11.8 Å². The number of ether oxygens (including phenoxy) is 1. The van der Waals surface area contributed by atoms with Gasteiger partial charge in [0.2, 0.25) is 0 Å². The number of carbonyl (C=O) groups is 1. The van der Waals surface area contributed by atoms with Crippen molar-refractivity contribution in [1.82, 2.24) is 0 Å². The van der Waals surface area contributed by atoms with E-state index in [9.17, 15) is 4.79 Å². The summed E-state index contributed by atoms with van der Waals surface area (Å²) in [5.41, 5.74) is 0. The minimum Gasteiger partial charge on any atom is -0.481 e. The van der Waals surface area contributed by atoms with E-state index in [1.165, 1.54) is 12.8 Å². The number of hydrogen-bond acceptors (Lipinski definition) is 3. The lowest BCUT2D eigenvalue weighted by atomic mass is 9.78. The van der Waals surface area contributed by atoms with E-state index in [0.717, 1.165) is 25.0 Å². The Morgan fingerprint density at radius 1 is 1.28 bits per heavy atom. The van der Waals surface area contributed by atoms with Gasteiger partial charge < -0.3 is 9.84 Å². The third-order valence-electron chi connectivity index (χ3n) is 4.14. The van der Waals surface area contributed by atoms with Crippen LogP contribution in [-0.4, -0.2) is 29.0 Å². The van der Waals surface area contributed by atoms with E-state index >= 15 is 0 Å². The molecule has 2 rings (SSSR count). The van der Waals surface area contributed by atoms with Crippen LogP contribution in [0.25, 0.3) is 0 Å². The quantitative estimate of drug-likeness (QED) is 0.425. The summed E-state index contributed by atoms with van der Waals surface area (Å²) in [6.45, 7) is 0. The third-order valence-corrected chi connectivity index (χ3v) is 4.56. The Labute approximate surface area is 114 Å². The first-order valence-electron chi connectivity index (χ1n) is 6.85. The molecule has 0 aromatic heterocycles. The number of carboxylic acids is 1. The molecule has 4 heteroatoms. The number of unbranched alkanes of at least 4 members (excludes halogenated alkanes) is 1. The monoisotopic (exact) mass is 270 g/mol. The normalized spacial score (nSPS) is 34.5. The van der Waals surface area contributed by atoms with Crippen LogP contribution in [0.5, 0.6) is 0 Å². The van der Waals surface area contributed by atoms with Crippen molar-refractivity contribution in [3.8, 4) is 0 Å². The first kappa shape index (κ1) is 13.9. The molecule has 0 aromatic carbocycles. The molecule has 0 saturated carbocycles. The maximum atomic E-state index is 10.4. The molecule has 0 spiro atoms. The largest absolute Gasteiger partial charge is 0.481 e. The van der Waals surface area contributed by atoms with Gasteiger partial charge in [0.05, 0.1) is 12.2 Å². The standard InChI is InChI=1S/C14H22O3S/c15-14(16)6-4-2-1-3-5-10-11(9-18)13-8-7-12(10)17-13/h1,3,10-13,18H,2,4-9H2,(H,15,16)/t10-,11+,12-,13+/m1/s1. The molecular weight excluding hydrogens is 248 g/mol. The molecule has 2 aliphatic rings. The molecule has 2 saturated heterocycles. The fourth-order valence-electron chi connectivity index (χ4n) is 3.19. The molecule has 2 bridgehead atoms. The number of carboxylic acid groups (broad SMARTS) is 1. The zero-order chi connectivity index (χ0) is 13.0. The highest BCUT2D eigenvalue weighted by molar-refractivity contribution is 7.80. The number of fused-ring (bicyclic) bond motifs is 2. The van der Waals surface area contributed by atoms with Gasteiger partial charge in [0.25, 0.3) is 0 Å². The molecular formula is C14H22O3S. The fourth-order valence-corrected chi connectivity index (χ4v) is 3.70.